The number of imide groups is 1. The first kappa shape index (κ1) is 24.1. The van der Waals surface area contributed by atoms with Crippen LogP contribution in [0.2, 0.25) is 25.7 Å². The first-order valence-electron chi connectivity index (χ1n) is 11.7. The number of nitrogens with zero attached hydrogens (tertiary/aromatic N) is 6. The number of pyridine rings is 1. The van der Waals surface area contributed by atoms with Crippen molar-refractivity contribution in [1.29, 1.82) is 0 Å². The van der Waals surface area contributed by atoms with Crippen LogP contribution < -0.4 is 4.90 Å². The molecule has 34 heavy (non-hydrogen) atoms. The number of ether oxygens (including phenoxy) is 1. The van der Waals surface area contributed by atoms with Crippen LogP contribution in [0.1, 0.15) is 31.8 Å². The van der Waals surface area contributed by atoms with Gasteiger partial charge in [0, 0.05) is 39.6 Å². The van der Waals surface area contributed by atoms with E-state index >= 15 is 0 Å². The van der Waals surface area contributed by atoms with Crippen LogP contribution in [0.3, 0.4) is 0 Å². The second-order valence-electron chi connectivity index (χ2n) is 9.99. The lowest BCUT2D eigenvalue weighted by Gasteiger charge is -2.34. The fourth-order valence-corrected chi connectivity index (χ4v) is 5.12. The number of hydrogen-bond acceptors (Lipinski definition) is 6. The van der Waals surface area contributed by atoms with Gasteiger partial charge in [-0.1, -0.05) is 19.6 Å². The van der Waals surface area contributed by atoms with Gasteiger partial charge in [0.05, 0.1) is 29.8 Å². The first-order chi connectivity index (χ1) is 16.2. The number of carbonyl (C=O) groups is 3. The first-order valence-corrected chi connectivity index (χ1v) is 15.4. The average Bonchev–Trinajstić information content (AvgIpc) is 3.22. The van der Waals surface area contributed by atoms with Crippen LogP contribution in [-0.2, 0) is 9.53 Å². The lowest BCUT2D eigenvalue weighted by atomic mass is 10.1. The number of rotatable bonds is 7. The van der Waals surface area contributed by atoms with Gasteiger partial charge in [-0.05, 0) is 25.3 Å². The summed E-state index contributed by atoms with van der Waals surface area (Å²) in [6.45, 7) is 7.85. The van der Waals surface area contributed by atoms with E-state index in [1.807, 2.05) is 0 Å². The molecule has 0 aromatic carbocycles. The van der Waals surface area contributed by atoms with Gasteiger partial charge in [0.15, 0.2) is 0 Å². The van der Waals surface area contributed by atoms with Gasteiger partial charge in [0.2, 0.25) is 5.91 Å². The Kier molecular flexibility index (Phi) is 6.89. The molecule has 0 bridgehead atoms. The van der Waals surface area contributed by atoms with Crippen LogP contribution in [0.15, 0.2) is 18.6 Å². The average molecular weight is 489 g/mol. The van der Waals surface area contributed by atoms with Gasteiger partial charge in [0.1, 0.15) is 12.9 Å². The Morgan fingerprint density at radius 1 is 1.18 bits per heavy atom. The molecule has 12 heteroatoms. The third kappa shape index (κ3) is 4.92. The quantitative estimate of drug-likeness (QED) is 0.467. The highest BCUT2D eigenvalue weighted by Gasteiger charge is 2.35. The number of likely N-dealkylation sites (tertiary alicyclic amines) is 1. The standard InChI is InChI=1S/C22H32N6O5Si/c1-34(2,3)11-10-33-15-27-20(29)7-9-25(21(27)30)17-13-23-14-18-16(17)12-24-28(18)19-6-4-5-8-26(19)22(31)32/h12-14,19H,4-11,15H2,1-3H3,(H,31,32). The van der Waals surface area contributed by atoms with E-state index in [0.717, 1.165) is 23.8 Å². The Morgan fingerprint density at radius 3 is 2.71 bits per heavy atom. The number of urea groups is 1. The summed E-state index contributed by atoms with van der Waals surface area (Å²) < 4.78 is 7.35. The van der Waals surface area contributed by atoms with Crippen LogP contribution in [-0.4, -0.2) is 82.2 Å². The minimum absolute atomic E-state index is 0.0725. The summed E-state index contributed by atoms with van der Waals surface area (Å²) in [5.41, 5.74) is 1.20. The van der Waals surface area contributed by atoms with Crippen molar-refractivity contribution in [3.8, 4) is 0 Å². The molecular weight excluding hydrogens is 456 g/mol. The number of hydrogen-bond donors (Lipinski definition) is 1. The van der Waals surface area contributed by atoms with Crippen molar-refractivity contribution in [2.24, 2.45) is 0 Å². The molecule has 1 N–H and O–H groups in total. The van der Waals surface area contributed by atoms with E-state index < -0.39 is 26.4 Å². The molecule has 0 spiro atoms. The number of anilines is 1. The van der Waals surface area contributed by atoms with Gasteiger partial charge in [-0.25, -0.2) is 19.2 Å². The Morgan fingerprint density at radius 2 is 1.97 bits per heavy atom. The zero-order valence-corrected chi connectivity index (χ0v) is 20.9. The van der Waals surface area contributed by atoms with Crippen molar-refractivity contribution >= 4 is 42.7 Å². The summed E-state index contributed by atoms with van der Waals surface area (Å²) >= 11 is 0. The van der Waals surface area contributed by atoms with Crippen molar-refractivity contribution in [3.63, 3.8) is 0 Å². The molecule has 2 aliphatic heterocycles. The van der Waals surface area contributed by atoms with Crippen LogP contribution >= 0.6 is 0 Å². The van der Waals surface area contributed by atoms with E-state index in [-0.39, 0.29) is 25.6 Å². The number of carbonyl (C=O) groups excluding carboxylic acids is 2. The lowest BCUT2D eigenvalue weighted by Crippen LogP contribution is -2.53. The number of carboxylic acid groups (broad SMARTS) is 1. The molecule has 11 nitrogen and oxygen atoms in total. The summed E-state index contributed by atoms with van der Waals surface area (Å²) in [6.07, 6.45) is 6.03. The zero-order chi connectivity index (χ0) is 24.5. The van der Waals surface area contributed by atoms with Gasteiger partial charge in [-0.2, -0.15) is 5.10 Å². The molecule has 4 amide bonds. The van der Waals surface area contributed by atoms with Crippen molar-refractivity contribution in [2.45, 2.75) is 57.5 Å². The fraction of sp³-hybridized carbons (Fsp3) is 0.591. The van der Waals surface area contributed by atoms with Crippen LogP contribution in [0, 0.1) is 0 Å². The Balaban J connectivity index is 1.57. The van der Waals surface area contributed by atoms with Crippen LogP contribution in [0.4, 0.5) is 15.3 Å². The molecule has 4 heterocycles. The molecule has 2 aromatic rings. The van der Waals surface area contributed by atoms with E-state index in [9.17, 15) is 19.5 Å². The Labute approximate surface area is 199 Å². The fourth-order valence-electron chi connectivity index (χ4n) is 4.37. The predicted octanol–water partition coefficient (Wildman–Crippen LogP) is 3.56. The molecule has 2 saturated heterocycles. The summed E-state index contributed by atoms with van der Waals surface area (Å²) in [7, 11) is -1.28. The highest BCUT2D eigenvalue weighted by Crippen LogP contribution is 2.33. The smallest absolute Gasteiger partial charge is 0.409 e. The van der Waals surface area contributed by atoms with Gasteiger partial charge >= 0.3 is 12.1 Å². The minimum atomic E-state index is -1.28. The molecular formula is C22H32N6O5Si. The number of piperidine rings is 1. The van der Waals surface area contributed by atoms with Crippen molar-refractivity contribution in [2.75, 3.05) is 31.3 Å². The Bertz CT molecular complexity index is 1080. The molecule has 0 aliphatic carbocycles. The molecule has 2 fully saturated rings. The van der Waals surface area contributed by atoms with Gasteiger partial charge in [0.25, 0.3) is 0 Å². The second kappa shape index (κ2) is 9.70. The zero-order valence-electron chi connectivity index (χ0n) is 19.9. The Hall–Kier alpha value is -2.99. The van der Waals surface area contributed by atoms with Crippen LogP contribution in [0.25, 0.3) is 10.9 Å². The van der Waals surface area contributed by atoms with Crippen LogP contribution in [0.5, 0.6) is 0 Å². The van der Waals surface area contributed by atoms with E-state index in [0.29, 0.717) is 36.2 Å². The summed E-state index contributed by atoms with van der Waals surface area (Å²) in [5, 5.41) is 14.8. The molecule has 1 unspecified atom stereocenters. The van der Waals surface area contributed by atoms with Gasteiger partial charge in [-0.15, -0.1) is 0 Å². The van der Waals surface area contributed by atoms with E-state index in [1.54, 1.807) is 23.3 Å². The molecule has 0 radical (unpaired) electrons. The van der Waals surface area contributed by atoms with Crippen molar-refractivity contribution in [3.05, 3.63) is 18.6 Å². The van der Waals surface area contributed by atoms with E-state index in [2.05, 4.69) is 29.7 Å². The molecule has 2 aromatic heterocycles. The number of fused-ring (bicyclic) bond motifs is 1. The predicted molar refractivity (Wildman–Crippen MR) is 128 cm³/mol. The topological polar surface area (TPSA) is 121 Å². The molecule has 184 valence electrons. The maximum Gasteiger partial charge on any atom is 0.409 e. The molecule has 1 atom stereocenters. The summed E-state index contributed by atoms with van der Waals surface area (Å²) in [4.78, 5) is 45.8. The molecule has 2 aliphatic rings. The number of amides is 4. The van der Waals surface area contributed by atoms with E-state index in [1.165, 1.54) is 9.80 Å². The largest absolute Gasteiger partial charge is 0.465 e. The summed E-state index contributed by atoms with van der Waals surface area (Å²) in [6, 6.07) is 0.500. The SMILES string of the molecule is C[Si](C)(C)CCOCN1C(=O)CCN(c2cncc3c2cnn3C2CCCCN2C(=O)O)C1=O. The maximum atomic E-state index is 13.2. The monoisotopic (exact) mass is 488 g/mol. The summed E-state index contributed by atoms with van der Waals surface area (Å²) in [5.74, 6) is -0.260. The second-order valence-corrected chi connectivity index (χ2v) is 15.6. The van der Waals surface area contributed by atoms with Gasteiger partial charge in [-0.3, -0.25) is 19.6 Å². The normalized spacial score (nSPS) is 19.9. The molecule has 0 saturated carbocycles. The maximum absolute atomic E-state index is 13.2. The third-order valence-corrected chi connectivity index (χ3v) is 8.03. The van der Waals surface area contributed by atoms with Gasteiger partial charge < -0.3 is 9.84 Å². The highest BCUT2D eigenvalue weighted by molar-refractivity contribution is 6.76. The highest BCUT2D eigenvalue weighted by atomic mass is 28.3. The van der Waals surface area contributed by atoms with E-state index in [4.69, 9.17) is 4.74 Å². The molecule has 4 rings (SSSR count). The van der Waals surface area contributed by atoms with Crippen molar-refractivity contribution in [1.82, 2.24) is 24.6 Å². The lowest BCUT2D eigenvalue weighted by molar-refractivity contribution is -0.133. The number of aromatic nitrogens is 3. The third-order valence-electron chi connectivity index (χ3n) is 6.32. The minimum Gasteiger partial charge on any atom is -0.465 e. The van der Waals surface area contributed by atoms with Crippen molar-refractivity contribution < 1.29 is 24.2 Å².